The monoisotopic (exact) mass is 477 g/mol. The van der Waals surface area contributed by atoms with Crippen molar-refractivity contribution in [2.24, 2.45) is 10.2 Å². The van der Waals surface area contributed by atoms with Gasteiger partial charge in [0.2, 0.25) is 5.13 Å². The van der Waals surface area contributed by atoms with Gasteiger partial charge < -0.3 is 10.6 Å². The summed E-state index contributed by atoms with van der Waals surface area (Å²) in [7, 11) is -4.16. The zero-order valence-electron chi connectivity index (χ0n) is 16.4. The van der Waals surface area contributed by atoms with Crippen LogP contribution in [-0.4, -0.2) is 47.5 Å². The van der Waals surface area contributed by atoms with Gasteiger partial charge in [0, 0.05) is 24.4 Å². The number of azo groups is 1. The van der Waals surface area contributed by atoms with Gasteiger partial charge >= 0.3 is 0 Å². The van der Waals surface area contributed by atoms with Gasteiger partial charge in [-0.2, -0.15) is 26.3 Å². The van der Waals surface area contributed by atoms with Crippen molar-refractivity contribution in [1.82, 2.24) is 9.97 Å². The molecule has 10 nitrogen and oxygen atoms in total. The molecule has 13 heteroatoms. The molecule has 0 spiro atoms. The Morgan fingerprint density at radius 3 is 2.61 bits per heavy atom. The summed E-state index contributed by atoms with van der Waals surface area (Å²) in [5.74, 6) is 0.562. The van der Waals surface area contributed by atoms with Crippen LogP contribution >= 0.6 is 24.0 Å². The van der Waals surface area contributed by atoms with E-state index in [9.17, 15) is 13.7 Å². The first-order chi connectivity index (χ1) is 14.8. The van der Waals surface area contributed by atoms with E-state index < -0.39 is 15.9 Å². The fraction of sp³-hybridized carbons (Fsp3) is 0.278. The minimum Gasteiger partial charge on any atom is -0.368 e. The van der Waals surface area contributed by atoms with Gasteiger partial charge in [0.1, 0.15) is 17.6 Å². The van der Waals surface area contributed by atoms with Crippen LogP contribution in [0.15, 0.2) is 34.5 Å². The molecular weight excluding hydrogens is 458 g/mol. The molecule has 0 bridgehead atoms. The minimum atomic E-state index is -4.16. The van der Waals surface area contributed by atoms with Crippen LogP contribution in [0.4, 0.5) is 22.5 Å². The lowest BCUT2D eigenvalue weighted by Crippen LogP contribution is -2.16. The number of para-hydroxylation sites is 1. The van der Waals surface area contributed by atoms with Crippen LogP contribution in [0.2, 0.25) is 0 Å². The maximum absolute atomic E-state index is 11.1. The SMILES string of the molecule is Cc1c(C#N)c(NCCS)nc(NCCS(=O)(=O)O)c1N=Nc1nc2ccccc2s1. The second-order valence-corrected chi connectivity index (χ2v) is 9.33. The van der Waals surface area contributed by atoms with Gasteiger partial charge in [0.05, 0.1) is 21.5 Å². The van der Waals surface area contributed by atoms with Crippen LogP contribution in [0.5, 0.6) is 0 Å². The number of hydrogen-bond donors (Lipinski definition) is 4. The standard InChI is InChI=1S/C18H19N7O3S3/c1-11-12(10-19)16(20-6-8-29)23-17(21-7-9-31(26,27)28)15(11)24-25-18-22-13-4-2-3-5-14(13)30-18/h2-5,29H,6-9H2,1H3,(H2,20,21,23)(H,26,27,28). The number of rotatable bonds is 9. The maximum atomic E-state index is 11.1. The lowest BCUT2D eigenvalue weighted by atomic mass is 10.1. The van der Waals surface area contributed by atoms with Crippen molar-refractivity contribution in [3.8, 4) is 6.07 Å². The summed E-state index contributed by atoms with van der Waals surface area (Å²) in [5.41, 5.74) is 1.88. The van der Waals surface area contributed by atoms with Gasteiger partial charge in [0.15, 0.2) is 5.82 Å². The third-order valence-corrected chi connectivity index (χ3v) is 5.97. The summed E-state index contributed by atoms with van der Waals surface area (Å²) in [6.07, 6.45) is 0. The van der Waals surface area contributed by atoms with E-state index in [1.807, 2.05) is 24.3 Å². The van der Waals surface area contributed by atoms with Gasteiger partial charge in [-0.1, -0.05) is 23.5 Å². The quantitative estimate of drug-likeness (QED) is 0.205. The highest BCUT2D eigenvalue weighted by Gasteiger charge is 2.18. The number of hydrogen-bond acceptors (Lipinski definition) is 11. The molecule has 1 aromatic carbocycles. The molecule has 2 heterocycles. The summed E-state index contributed by atoms with van der Waals surface area (Å²) in [5, 5.41) is 24.4. The van der Waals surface area contributed by atoms with Crippen LogP contribution in [-0.2, 0) is 10.1 Å². The molecule has 0 aliphatic carbocycles. The average Bonchev–Trinajstić information content (AvgIpc) is 3.13. The Balaban J connectivity index is 2.01. The van der Waals surface area contributed by atoms with Gasteiger partial charge in [-0.05, 0) is 19.1 Å². The minimum absolute atomic E-state index is 0.104. The Bertz CT molecular complexity index is 1230. The molecule has 0 aliphatic rings. The zero-order chi connectivity index (χ0) is 22.4. The number of thiol groups is 1. The van der Waals surface area contributed by atoms with Crippen LogP contribution in [0.25, 0.3) is 10.2 Å². The van der Waals surface area contributed by atoms with E-state index in [1.54, 1.807) is 6.92 Å². The number of nitrogens with zero attached hydrogens (tertiary/aromatic N) is 5. The maximum Gasteiger partial charge on any atom is 0.266 e. The van der Waals surface area contributed by atoms with E-state index in [0.29, 0.717) is 34.4 Å². The Morgan fingerprint density at radius 1 is 1.19 bits per heavy atom. The topological polar surface area (TPSA) is 153 Å². The molecule has 0 aliphatic heterocycles. The second-order valence-electron chi connectivity index (χ2n) is 6.30. The molecule has 31 heavy (non-hydrogen) atoms. The summed E-state index contributed by atoms with van der Waals surface area (Å²) in [6.45, 7) is 2.07. The van der Waals surface area contributed by atoms with Crippen LogP contribution in [0.3, 0.4) is 0 Å². The van der Waals surface area contributed by atoms with Crippen molar-refractivity contribution >= 4 is 66.8 Å². The van der Waals surface area contributed by atoms with Crippen LogP contribution in [0.1, 0.15) is 11.1 Å². The first kappa shape index (κ1) is 22.9. The Morgan fingerprint density at radius 2 is 1.94 bits per heavy atom. The summed E-state index contributed by atoms with van der Waals surface area (Å²) >= 11 is 5.51. The lowest BCUT2D eigenvalue weighted by Gasteiger charge is -2.15. The van der Waals surface area contributed by atoms with E-state index in [4.69, 9.17) is 4.55 Å². The molecule has 3 rings (SSSR count). The molecule has 162 valence electrons. The van der Waals surface area contributed by atoms with Crippen molar-refractivity contribution in [3.63, 3.8) is 0 Å². The number of fused-ring (bicyclic) bond motifs is 1. The highest BCUT2D eigenvalue weighted by Crippen LogP contribution is 2.36. The third kappa shape index (κ3) is 5.88. The fourth-order valence-electron chi connectivity index (χ4n) is 2.67. The Hall–Kier alpha value is -2.79. The van der Waals surface area contributed by atoms with E-state index >= 15 is 0 Å². The Labute approximate surface area is 188 Å². The predicted octanol–water partition coefficient (Wildman–Crippen LogP) is 3.93. The van der Waals surface area contributed by atoms with Gasteiger partial charge in [-0.25, -0.2) is 9.97 Å². The van der Waals surface area contributed by atoms with E-state index in [-0.39, 0.29) is 18.1 Å². The van der Waals surface area contributed by atoms with Crippen molar-refractivity contribution in [1.29, 1.82) is 5.26 Å². The highest BCUT2D eigenvalue weighted by atomic mass is 32.2. The average molecular weight is 478 g/mol. The summed E-state index contributed by atoms with van der Waals surface area (Å²) in [6, 6.07) is 9.69. The molecule has 3 aromatic rings. The molecule has 0 unspecified atom stereocenters. The molecule has 2 aromatic heterocycles. The van der Waals surface area contributed by atoms with Crippen LogP contribution in [0, 0.1) is 18.3 Å². The molecule has 0 fully saturated rings. The van der Waals surface area contributed by atoms with Crippen LogP contribution < -0.4 is 10.6 Å². The molecule has 0 saturated carbocycles. The van der Waals surface area contributed by atoms with Crippen molar-refractivity contribution < 1.29 is 13.0 Å². The normalized spacial score (nSPS) is 11.7. The Kier molecular flexibility index (Phi) is 7.39. The number of thiazole rings is 1. The molecule has 0 amide bonds. The predicted molar refractivity (Wildman–Crippen MR) is 125 cm³/mol. The van der Waals surface area contributed by atoms with Gasteiger partial charge in [-0.3, -0.25) is 4.55 Å². The van der Waals surface area contributed by atoms with E-state index in [2.05, 4.69) is 49.5 Å². The molecular formula is C18H19N7O3S3. The summed E-state index contributed by atoms with van der Waals surface area (Å²) in [4.78, 5) is 8.79. The lowest BCUT2D eigenvalue weighted by molar-refractivity contribution is 0.484. The first-order valence-electron chi connectivity index (χ1n) is 9.08. The first-order valence-corrected chi connectivity index (χ1v) is 12.1. The fourth-order valence-corrected chi connectivity index (χ4v) is 3.93. The number of pyridine rings is 1. The third-order valence-electron chi connectivity index (χ3n) is 4.10. The summed E-state index contributed by atoms with van der Waals surface area (Å²) < 4.78 is 32.1. The number of anilines is 2. The van der Waals surface area contributed by atoms with Crippen molar-refractivity contribution in [3.05, 3.63) is 35.4 Å². The number of aromatic nitrogens is 2. The highest BCUT2D eigenvalue weighted by molar-refractivity contribution is 7.85. The van der Waals surface area contributed by atoms with E-state index in [0.717, 1.165) is 10.2 Å². The largest absolute Gasteiger partial charge is 0.368 e. The molecule has 0 atom stereocenters. The van der Waals surface area contributed by atoms with Crippen molar-refractivity contribution in [2.75, 3.05) is 35.2 Å². The number of benzene rings is 1. The van der Waals surface area contributed by atoms with Gasteiger partial charge in [0.25, 0.3) is 10.1 Å². The van der Waals surface area contributed by atoms with Crippen molar-refractivity contribution in [2.45, 2.75) is 6.92 Å². The zero-order valence-corrected chi connectivity index (χ0v) is 18.9. The molecule has 3 N–H and O–H groups in total. The van der Waals surface area contributed by atoms with Gasteiger partial charge in [-0.15, -0.1) is 10.2 Å². The number of nitriles is 1. The molecule has 0 saturated heterocycles. The second kappa shape index (κ2) is 10.0. The van der Waals surface area contributed by atoms with E-state index in [1.165, 1.54) is 11.3 Å². The smallest absolute Gasteiger partial charge is 0.266 e. The molecule has 0 radical (unpaired) electrons. The number of nitrogens with one attached hydrogen (secondary N) is 2.